The van der Waals surface area contributed by atoms with Crippen LogP contribution in [0.5, 0.6) is 0 Å². The minimum Gasteiger partial charge on any atom is -0.316 e. The largest absolute Gasteiger partial charge is 0.316 e. The average molecular weight is 199 g/mol. The summed E-state index contributed by atoms with van der Waals surface area (Å²) in [5.41, 5.74) is 0.635. The van der Waals surface area contributed by atoms with Gasteiger partial charge in [0.2, 0.25) is 0 Å². The van der Waals surface area contributed by atoms with E-state index in [0.717, 1.165) is 11.8 Å². The molecule has 0 spiro atoms. The summed E-state index contributed by atoms with van der Waals surface area (Å²) in [5.74, 6) is 4.75. The molecule has 0 radical (unpaired) electrons. The topological polar surface area (TPSA) is 12.0 Å². The van der Waals surface area contributed by atoms with Gasteiger partial charge in [-0.2, -0.15) is 11.8 Å². The highest BCUT2D eigenvalue weighted by molar-refractivity contribution is 7.99. The maximum absolute atomic E-state index is 3.53. The first-order valence-corrected chi connectivity index (χ1v) is 6.70. The smallest absolute Gasteiger partial charge is 0.000975 e. The van der Waals surface area contributed by atoms with Gasteiger partial charge in [0.1, 0.15) is 0 Å². The Bertz CT molecular complexity index is 181. The molecule has 0 aromatic rings. The van der Waals surface area contributed by atoms with Gasteiger partial charge in [-0.1, -0.05) is 13.8 Å². The maximum atomic E-state index is 3.53. The SMILES string of the molecule is CCC1(C)CSCC2CNCCC21. The van der Waals surface area contributed by atoms with E-state index in [1.807, 2.05) is 0 Å². The fourth-order valence-corrected chi connectivity index (χ4v) is 4.59. The Morgan fingerprint density at radius 2 is 2.38 bits per heavy atom. The standard InChI is InChI=1S/C11H21NS/c1-3-11(2)8-13-7-9-6-12-5-4-10(9)11/h9-10,12H,3-8H2,1-2H3. The number of hydrogen-bond donors (Lipinski definition) is 1. The van der Waals surface area contributed by atoms with E-state index < -0.39 is 0 Å². The van der Waals surface area contributed by atoms with Crippen molar-refractivity contribution in [3.63, 3.8) is 0 Å². The first-order valence-electron chi connectivity index (χ1n) is 5.55. The van der Waals surface area contributed by atoms with E-state index >= 15 is 0 Å². The molecule has 2 aliphatic rings. The Labute approximate surface area is 86.0 Å². The first-order chi connectivity index (χ1) is 6.26. The predicted octanol–water partition coefficient (Wildman–Crippen LogP) is 2.38. The molecule has 0 bridgehead atoms. The minimum atomic E-state index is 0.635. The highest BCUT2D eigenvalue weighted by atomic mass is 32.2. The fourth-order valence-electron chi connectivity index (χ4n) is 2.93. The Balaban J connectivity index is 2.11. The van der Waals surface area contributed by atoms with Gasteiger partial charge in [-0.25, -0.2) is 0 Å². The molecule has 2 heterocycles. The molecule has 0 aromatic heterocycles. The molecule has 0 amide bonds. The molecule has 76 valence electrons. The van der Waals surface area contributed by atoms with Crippen LogP contribution in [0.2, 0.25) is 0 Å². The number of fused-ring (bicyclic) bond motifs is 1. The number of piperidine rings is 1. The maximum Gasteiger partial charge on any atom is -0.000975 e. The molecule has 13 heavy (non-hydrogen) atoms. The lowest BCUT2D eigenvalue weighted by molar-refractivity contribution is 0.107. The quantitative estimate of drug-likeness (QED) is 0.696. The van der Waals surface area contributed by atoms with Crippen LogP contribution >= 0.6 is 11.8 Å². The van der Waals surface area contributed by atoms with Crippen LogP contribution in [-0.4, -0.2) is 24.6 Å². The third-order valence-corrected chi connectivity index (χ3v) is 5.60. The summed E-state index contributed by atoms with van der Waals surface area (Å²) >= 11 is 2.17. The van der Waals surface area contributed by atoms with Crippen LogP contribution in [-0.2, 0) is 0 Å². The lowest BCUT2D eigenvalue weighted by Gasteiger charge is -2.48. The Kier molecular flexibility index (Phi) is 2.89. The molecule has 1 nitrogen and oxygen atoms in total. The molecule has 2 fully saturated rings. The monoisotopic (exact) mass is 199 g/mol. The molecule has 2 saturated heterocycles. The Hall–Kier alpha value is 0.310. The van der Waals surface area contributed by atoms with Crippen molar-refractivity contribution in [1.29, 1.82) is 0 Å². The Morgan fingerprint density at radius 1 is 1.54 bits per heavy atom. The van der Waals surface area contributed by atoms with Crippen LogP contribution in [0.25, 0.3) is 0 Å². The normalized spacial score (nSPS) is 45.7. The van der Waals surface area contributed by atoms with Crippen LogP contribution in [0.15, 0.2) is 0 Å². The van der Waals surface area contributed by atoms with Gasteiger partial charge in [0.05, 0.1) is 0 Å². The fraction of sp³-hybridized carbons (Fsp3) is 1.00. The number of nitrogens with one attached hydrogen (secondary N) is 1. The Morgan fingerprint density at radius 3 is 3.15 bits per heavy atom. The van der Waals surface area contributed by atoms with E-state index in [4.69, 9.17) is 0 Å². The van der Waals surface area contributed by atoms with Gasteiger partial charge in [0.25, 0.3) is 0 Å². The van der Waals surface area contributed by atoms with Gasteiger partial charge in [0, 0.05) is 0 Å². The van der Waals surface area contributed by atoms with Gasteiger partial charge in [0.15, 0.2) is 0 Å². The van der Waals surface area contributed by atoms with Crippen molar-refractivity contribution in [2.75, 3.05) is 24.6 Å². The van der Waals surface area contributed by atoms with Gasteiger partial charge in [-0.05, 0) is 54.7 Å². The summed E-state index contributed by atoms with van der Waals surface area (Å²) < 4.78 is 0. The summed E-state index contributed by atoms with van der Waals surface area (Å²) in [7, 11) is 0. The summed E-state index contributed by atoms with van der Waals surface area (Å²) in [6.45, 7) is 7.39. The van der Waals surface area contributed by atoms with Crippen molar-refractivity contribution in [3.05, 3.63) is 0 Å². The van der Waals surface area contributed by atoms with E-state index in [9.17, 15) is 0 Å². The van der Waals surface area contributed by atoms with E-state index in [2.05, 4.69) is 30.9 Å². The molecular weight excluding hydrogens is 178 g/mol. The van der Waals surface area contributed by atoms with E-state index in [0.29, 0.717) is 5.41 Å². The highest BCUT2D eigenvalue weighted by Gasteiger charge is 2.41. The second-order valence-corrected chi connectivity index (χ2v) is 5.91. The van der Waals surface area contributed by atoms with Crippen molar-refractivity contribution in [3.8, 4) is 0 Å². The average Bonchev–Trinajstić information content (AvgIpc) is 2.19. The van der Waals surface area contributed by atoms with Crippen molar-refractivity contribution in [2.24, 2.45) is 17.3 Å². The first kappa shape index (κ1) is 9.85. The van der Waals surface area contributed by atoms with Crippen molar-refractivity contribution < 1.29 is 0 Å². The zero-order valence-electron chi connectivity index (χ0n) is 8.81. The van der Waals surface area contributed by atoms with Crippen molar-refractivity contribution >= 4 is 11.8 Å². The van der Waals surface area contributed by atoms with E-state index in [-0.39, 0.29) is 0 Å². The van der Waals surface area contributed by atoms with Crippen LogP contribution in [0.4, 0.5) is 0 Å². The molecule has 1 N–H and O–H groups in total. The third-order valence-electron chi connectivity index (χ3n) is 4.07. The third kappa shape index (κ3) is 1.75. The van der Waals surface area contributed by atoms with Crippen LogP contribution < -0.4 is 5.32 Å². The molecule has 2 heteroatoms. The summed E-state index contributed by atoms with van der Waals surface area (Å²) in [4.78, 5) is 0. The lowest BCUT2D eigenvalue weighted by atomic mass is 9.67. The van der Waals surface area contributed by atoms with Gasteiger partial charge in [-0.15, -0.1) is 0 Å². The zero-order valence-corrected chi connectivity index (χ0v) is 9.62. The molecule has 0 aliphatic carbocycles. The number of hydrogen-bond acceptors (Lipinski definition) is 2. The molecule has 0 aromatic carbocycles. The predicted molar refractivity (Wildman–Crippen MR) is 60.2 cm³/mol. The van der Waals surface area contributed by atoms with Crippen LogP contribution in [0, 0.1) is 17.3 Å². The second-order valence-electron chi connectivity index (χ2n) is 4.88. The molecule has 3 atom stereocenters. The molecule has 3 unspecified atom stereocenters. The van der Waals surface area contributed by atoms with Crippen LogP contribution in [0.1, 0.15) is 26.7 Å². The molecule has 2 aliphatic heterocycles. The minimum absolute atomic E-state index is 0.635. The summed E-state index contributed by atoms with van der Waals surface area (Å²) in [5, 5.41) is 3.53. The molecular formula is C11H21NS. The summed E-state index contributed by atoms with van der Waals surface area (Å²) in [6.07, 6.45) is 2.77. The highest BCUT2D eigenvalue weighted by Crippen LogP contribution is 2.47. The van der Waals surface area contributed by atoms with Gasteiger partial charge >= 0.3 is 0 Å². The van der Waals surface area contributed by atoms with Crippen molar-refractivity contribution in [2.45, 2.75) is 26.7 Å². The zero-order chi connectivity index (χ0) is 9.31. The van der Waals surface area contributed by atoms with Crippen molar-refractivity contribution in [1.82, 2.24) is 5.32 Å². The molecule has 0 saturated carbocycles. The van der Waals surface area contributed by atoms with E-state index in [1.54, 1.807) is 0 Å². The lowest BCUT2D eigenvalue weighted by Crippen LogP contribution is -2.48. The van der Waals surface area contributed by atoms with Gasteiger partial charge < -0.3 is 5.32 Å². The van der Waals surface area contributed by atoms with Crippen LogP contribution in [0.3, 0.4) is 0 Å². The molecule has 2 rings (SSSR count). The second kappa shape index (κ2) is 3.82. The number of rotatable bonds is 1. The van der Waals surface area contributed by atoms with E-state index in [1.165, 1.54) is 37.4 Å². The van der Waals surface area contributed by atoms with Gasteiger partial charge in [-0.3, -0.25) is 0 Å². The summed E-state index contributed by atoms with van der Waals surface area (Å²) in [6, 6.07) is 0. The number of thioether (sulfide) groups is 1.